The Morgan fingerprint density at radius 3 is 2.67 bits per heavy atom. The third-order valence-electron chi connectivity index (χ3n) is 2.34. The van der Waals surface area contributed by atoms with Crippen molar-refractivity contribution in [2.24, 2.45) is 0 Å². The van der Waals surface area contributed by atoms with Crippen LogP contribution in [0.25, 0.3) is 10.9 Å². The molecule has 2 rings (SSSR count). The van der Waals surface area contributed by atoms with E-state index in [9.17, 15) is 4.79 Å². The van der Waals surface area contributed by atoms with Crippen LogP contribution in [0.5, 0.6) is 0 Å². The number of nitrogens with one attached hydrogen (secondary N) is 1. The maximum Gasteiger partial charge on any atom is 0.336 e. The van der Waals surface area contributed by atoms with Crippen LogP contribution >= 0.6 is 0 Å². The van der Waals surface area contributed by atoms with Crippen molar-refractivity contribution >= 4 is 22.8 Å². The highest BCUT2D eigenvalue weighted by Crippen LogP contribution is 2.19. The highest BCUT2D eigenvalue weighted by atomic mass is 16.4. The van der Waals surface area contributed by atoms with Gasteiger partial charge in [0.1, 0.15) is 0 Å². The molecule has 0 spiro atoms. The van der Waals surface area contributed by atoms with Gasteiger partial charge in [-0.15, -0.1) is 0 Å². The van der Waals surface area contributed by atoms with Gasteiger partial charge in [0.2, 0.25) is 5.95 Å². The van der Waals surface area contributed by atoms with Crippen LogP contribution in [-0.2, 0) is 0 Å². The summed E-state index contributed by atoms with van der Waals surface area (Å²) in [4.78, 5) is 19.5. The molecule has 94 valence electrons. The average molecular weight is 245 g/mol. The first-order chi connectivity index (χ1) is 8.37. The van der Waals surface area contributed by atoms with Gasteiger partial charge in [-0.3, -0.25) is 0 Å². The lowest BCUT2D eigenvalue weighted by atomic mass is 10.1. The minimum Gasteiger partial charge on any atom is -0.478 e. The van der Waals surface area contributed by atoms with Gasteiger partial charge < -0.3 is 10.4 Å². The Labute approximate surface area is 105 Å². The van der Waals surface area contributed by atoms with Gasteiger partial charge in [0.05, 0.1) is 11.1 Å². The standard InChI is InChI=1S/C13H15N3O2/c1-13(2,3)16-12-14-7-9-8(11(17)18)5-4-6-10(9)15-12/h4-7H,1-3H3,(H,17,18)(H,14,15,16). The number of anilines is 1. The normalized spacial score (nSPS) is 11.5. The summed E-state index contributed by atoms with van der Waals surface area (Å²) in [7, 11) is 0. The third-order valence-corrected chi connectivity index (χ3v) is 2.34. The summed E-state index contributed by atoms with van der Waals surface area (Å²) in [5, 5.41) is 12.8. The van der Waals surface area contributed by atoms with E-state index in [1.165, 1.54) is 0 Å². The zero-order valence-corrected chi connectivity index (χ0v) is 10.6. The maximum absolute atomic E-state index is 11.1. The average Bonchev–Trinajstić information content (AvgIpc) is 2.25. The molecule has 0 amide bonds. The van der Waals surface area contributed by atoms with E-state index in [4.69, 9.17) is 5.11 Å². The molecule has 0 aliphatic carbocycles. The zero-order valence-electron chi connectivity index (χ0n) is 10.6. The van der Waals surface area contributed by atoms with Crippen molar-refractivity contribution in [3.63, 3.8) is 0 Å². The van der Waals surface area contributed by atoms with E-state index >= 15 is 0 Å². The van der Waals surface area contributed by atoms with E-state index in [2.05, 4.69) is 15.3 Å². The Morgan fingerprint density at radius 1 is 1.33 bits per heavy atom. The predicted molar refractivity (Wildman–Crippen MR) is 69.9 cm³/mol. The van der Waals surface area contributed by atoms with Crippen LogP contribution in [0.3, 0.4) is 0 Å². The fourth-order valence-electron chi connectivity index (χ4n) is 1.64. The lowest BCUT2D eigenvalue weighted by Gasteiger charge is -2.20. The lowest BCUT2D eigenvalue weighted by Crippen LogP contribution is -2.27. The second-order valence-corrected chi connectivity index (χ2v) is 5.11. The van der Waals surface area contributed by atoms with Gasteiger partial charge in [-0.1, -0.05) is 6.07 Å². The maximum atomic E-state index is 11.1. The van der Waals surface area contributed by atoms with Gasteiger partial charge in [-0.2, -0.15) is 0 Å². The second kappa shape index (κ2) is 4.25. The summed E-state index contributed by atoms with van der Waals surface area (Å²) in [6.07, 6.45) is 1.54. The van der Waals surface area contributed by atoms with Gasteiger partial charge in [0, 0.05) is 17.1 Å². The zero-order chi connectivity index (χ0) is 13.3. The summed E-state index contributed by atoms with van der Waals surface area (Å²) >= 11 is 0. The molecule has 2 N–H and O–H groups in total. The van der Waals surface area contributed by atoms with Crippen molar-refractivity contribution in [3.8, 4) is 0 Å². The number of aromatic carboxylic acids is 1. The molecule has 0 aliphatic rings. The SMILES string of the molecule is CC(C)(C)Nc1ncc2c(C(=O)O)cccc2n1. The summed E-state index contributed by atoms with van der Waals surface area (Å²) < 4.78 is 0. The van der Waals surface area contributed by atoms with E-state index in [0.717, 1.165) is 0 Å². The van der Waals surface area contributed by atoms with Crippen molar-refractivity contribution in [2.45, 2.75) is 26.3 Å². The van der Waals surface area contributed by atoms with Crippen LogP contribution in [-0.4, -0.2) is 26.6 Å². The number of fused-ring (bicyclic) bond motifs is 1. The first kappa shape index (κ1) is 12.3. The van der Waals surface area contributed by atoms with Crippen LogP contribution in [0.2, 0.25) is 0 Å². The van der Waals surface area contributed by atoms with Crippen LogP contribution in [0.4, 0.5) is 5.95 Å². The number of benzene rings is 1. The molecule has 1 heterocycles. The molecular formula is C13H15N3O2. The molecular weight excluding hydrogens is 230 g/mol. The number of aromatic nitrogens is 2. The van der Waals surface area contributed by atoms with Gasteiger partial charge in [-0.25, -0.2) is 14.8 Å². The Kier molecular flexibility index (Phi) is 2.90. The number of rotatable bonds is 2. The van der Waals surface area contributed by atoms with Gasteiger partial charge in [-0.05, 0) is 32.9 Å². The van der Waals surface area contributed by atoms with E-state index < -0.39 is 5.97 Å². The Morgan fingerprint density at radius 2 is 2.06 bits per heavy atom. The van der Waals surface area contributed by atoms with Gasteiger partial charge in [0.15, 0.2) is 0 Å². The van der Waals surface area contributed by atoms with Crippen LogP contribution in [0.1, 0.15) is 31.1 Å². The fraction of sp³-hybridized carbons (Fsp3) is 0.308. The molecule has 5 heteroatoms. The molecule has 0 fully saturated rings. The molecule has 0 saturated heterocycles. The molecule has 18 heavy (non-hydrogen) atoms. The summed E-state index contributed by atoms with van der Waals surface area (Å²) in [6, 6.07) is 5.00. The Hall–Kier alpha value is -2.17. The van der Waals surface area contributed by atoms with Crippen molar-refractivity contribution in [2.75, 3.05) is 5.32 Å². The van der Waals surface area contributed by atoms with E-state index in [0.29, 0.717) is 16.9 Å². The molecule has 0 atom stereocenters. The Bertz CT molecular complexity index is 603. The third kappa shape index (κ3) is 2.56. The van der Waals surface area contributed by atoms with Crippen molar-refractivity contribution in [3.05, 3.63) is 30.0 Å². The van der Waals surface area contributed by atoms with Crippen molar-refractivity contribution in [1.29, 1.82) is 0 Å². The molecule has 5 nitrogen and oxygen atoms in total. The van der Waals surface area contributed by atoms with Crippen molar-refractivity contribution < 1.29 is 9.90 Å². The predicted octanol–water partition coefficient (Wildman–Crippen LogP) is 2.54. The first-order valence-corrected chi connectivity index (χ1v) is 5.64. The van der Waals surface area contributed by atoms with Gasteiger partial charge >= 0.3 is 5.97 Å². The minimum absolute atomic E-state index is 0.141. The molecule has 1 aromatic carbocycles. The second-order valence-electron chi connectivity index (χ2n) is 5.11. The minimum atomic E-state index is -0.972. The topological polar surface area (TPSA) is 75.1 Å². The number of carbonyl (C=O) groups is 1. The fourth-order valence-corrected chi connectivity index (χ4v) is 1.64. The monoisotopic (exact) mass is 245 g/mol. The molecule has 0 radical (unpaired) electrons. The molecule has 0 bridgehead atoms. The number of hydrogen-bond donors (Lipinski definition) is 2. The number of nitrogens with zero attached hydrogens (tertiary/aromatic N) is 2. The first-order valence-electron chi connectivity index (χ1n) is 5.64. The van der Waals surface area contributed by atoms with E-state index in [1.54, 1.807) is 24.4 Å². The number of carboxylic acid groups (broad SMARTS) is 1. The quantitative estimate of drug-likeness (QED) is 0.850. The largest absolute Gasteiger partial charge is 0.478 e. The summed E-state index contributed by atoms with van der Waals surface area (Å²) in [5.41, 5.74) is 0.699. The summed E-state index contributed by atoms with van der Waals surface area (Å²) in [6.45, 7) is 6.02. The molecule has 0 saturated carbocycles. The molecule has 2 aromatic rings. The molecule has 1 aromatic heterocycles. The van der Waals surface area contributed by atoms with Gasteiger partial charge in [0.25, 0.3) is 0 Å². The summed E-state index contributed by atoms with van der Waals surface area (Å²) in [5.74, 6) is -0.474. The van der Waals surface area contributed by atoms with Crippen LogP contribution in [0.15, 0.2) is 24.4 Å². The Balaban J connectivity index is 2.50. The molecule has 0 unspecified atom stereocenters. The van der Waals surface area contributed by atoms with E-state index in [1.807, 2.05) is 20.8 Å². The van der Waals surface area contributed by atoms with Crippen LogP contribution < -0.4 is 5.32 Å². The molecule has 0 aliphatic heterocycles. The number of hydrogen-bond acceptors (Lipinski definition) is 4. The van der Waals surface area contributed by atoms with Crippen LogP contribution in [0, 0.1) is 0 Å². The smallest absolute Gasteiger partial charge is 0.336 e. The number of carboxylic acids is 1. The van der Waals surface area contributed by atoms with Crippen molar-refractivity contribution in [1.82, 2.24) is 9.97 Å². The van der Waals surface area contributed by atoms with E-state index in [-0.39, 0.29) is 11.1 Å². The highest BCUT2D eigenvalue weighted by molar-refractivity contribution is 6.02. The highest BCUT2D eigenvalue weighted by Gasteiger charge is 2.13. The lowest BCUT2D eigenvalue weighted by molar-refractivity contribution is 0.0699.